The molecular formula is C10H12Br2O2S2. The van der Waals surface area contributed by atoms with Crippen molar-refractivity contribution >= 4 is 59.8 Å². The van der Waals surface area contributed by atoms with E-state index in [2.05, 4.69) is 31.9 Å². The fraction of sp³-hybridized carbons (Fsp3) is 0.500. The molecule has 6 heteroatoms. The van der Waals surface area contributed by atoms with Crippen LogP contribution in [0.15, 0.2) is 13.6 Å². The molecule has 0 amide bonds. The summed E-state index contributed by atoms with van der Waals surface area (Å²) in [6.45, 7) is 5.61. The number of hydrogen-bond acceptors (Lipinski definition) is 3. The molecule has 0 aliphatic rings. The van der Waals surface area contributed by atoms with E-state index in [0.29, 0.717) is 5.56 Å². The first kappa shape index (κ1) is 14.5. The van der Waals surface area contributed by atoms with E-state index in [1.807, 2.05) is 20.8 Å². The number of halogens is 2. The van der Waals surface area contributed by atoms with E-state index >= 15 is 0 Å². The van der Waals surface area contributed by atoms with Crippen LogP contribution in [0.4, 0.5) is 0 Å². The monoisotopic (exact) mass is 386 g/mol. The molecule has 0 saturated heterocycles. The second-order valence-electron chi connectivity index (χ2n) is 4.26. The van der Waals surface area contributed by atoms with Crippen molar-refractivity contribution in [2.24, 2.45) is 0 Å². The molecule has 1 atom stereocenters. The Bertz CT molecular complexity index is 433. The summed E-state index contributed by atoms with van der Waals surface area (Å²) in [6, 6.07) is 1.76. The number of carbonyl (C=O) groups excluding carboxylic acids is 1. The lowest BCUT2D eigenvalue weighted by Gasteiger charge is -2.16. The first-order valence-corrected chi connectivity index (χ1v) is 8.30. The topological polar surface area (TPSA) is 34.1 Å². The summed E-state index contributed by atoms with van der Waals surface area (Å²) >= 11 is 8.09. The van der Waals surface area contributed by atoms with Crippen LogP contribution in [0.25, 0.3) is 0 Å². The van der Waals surface area contributed by atoms with Gasteiger partial charge >= 0.3 is 0 Å². The van der Waals surface area contributed by atoms with Gasteiger partial charge in [0.1, 0.15) is 0 Å². The molecular weight excluding hydrogens is 376 g/mol. The first-order valence-electron chi connectivity index (χ1n) is 4.58. The second-order valence-corrected chi connectivity index (χ2v) is 10.2. The molecule has 1 rings (SSSR count). The van der Waals surface area contributed by atoms with Crippen molar-refractivity contribution in [2.45, 2.75) is 25.5 Å². The highest BCUT2D eigenvalue weighted by atomic mass is 79.9. The summed E-state index contributed by atoms with van der Waals surface area (Å²) in [7, 11) is -1.15. The Balaban J connectivity index is 2.81. The Labute approximate surface area is 119 Å². The number of thiophene rings is 1. The van der Waals surface area contributed by atoms with Crippen LogP contribution in [0.3, 0.4) is 0 Å². The van der Waals surface area contributed by atoms with E-state index in [1.54, 1.807) is 6.07 Å². The number of rotatable bonds is 3. The fourth-order valence-electron chi connectivity index (χ4n) is 0.944. The van der Waals surface area contributed by atoms with Crippen molar-refractivity contribution in [3.8, 4) is 0 Å². The zero-order valence-corrected chi connectivity index (χ0v) is 14.0. The van der Waals surface area contributed by atoms with Crippen LogP contribution in [-0.4, -0.2) is 20.5 Å². The SMILES string of the molecule is CC(C)(C)S(=O)CC(=O)c1cc(Br)sc1Br. The molecule has 0 bridgehead atoms. The third kappa shape index (κ3) is 3.75. The quantitative estimate of drug-likeness (QED) is 0.734. The minimum Gasteiger partial charge on any atom is -0.293 e. The van der Waals surface area contributed by atoms with Gasteiger partial charge in [0, 0.05) is 21.1 Å². The fourth-order valence-corrected chi connectivity index (χ4v) is 4.63. The van der Waals surface area contributed by atoms with Gasteiger partial charge in [-0.1, -0.05) is 0 Å². The molecule has 0 saturated carbocycles. The largest absolute Gasteiger partial charge is 0.293 e. The van der Waals surface area contributed by atoms with Crippen LogP contribution in [0, 0.1) is 0 Å². The zero-order valence-electron chi connectivity index (χ0n) is 9.17. The lowest BCUT2D eigenvalue weighted by Crippen LogP contribution is -2.27. The summed E-state index contributed by atoms with van der Waals surface area (Å²) in [4.78, 5) is 11.9. The van der Waals surface area contributed by atoms with Gasteiger partial charge in [0.2, 0.25) is 0 Å². The molecule has 90 valence electrons. The Morgan fingerprint density at radius 1 is 1.44 bits per heavy atom. The molecule has 0 N–H and O–H groups in total. The van der Waals surface area contributed by atoms with Crippen LogP contribution < -0.4 is 0 Å². The van der Waals surface area contributed by atoms with Crippen LogP contribution in [-0.2, 0) is 10.8 Å². The van der Waals surface area contributed by atoms with E-state index in [0.717, 1.165) is 7.57 Å². The van der Waals surface area contributed by atoms with Crippen LogP contribution in [0.1, 0.15) is 31.1 Å². The molecule has 0 fully saturated rings. The normalized spacial score (nSPS) is 13.8. The van der Waals surface area contributed by atoms with Crippen molar-refractivity contribution in [1.82, 2.24) is 0 Å². The van der Waals surface area contributed by atoms with E-state index in [1.165, 1.54) is 11.3 Å². The molecule has 0 radical (unpaired) electrons. The zero-order chi connectivity index (χ0) is 12.5. The van der Waals surface area contributed by atoms with Gasteiger partial charge in [0.15, 0.2) is 5.78 Å². The lowest BCUT2D eigenvalue weighted by atomic mass is 10.2. The predicted molar refractivity (Wildman–Crippen MR) is 76.8 cm³/mol. The predicted octanol–water partition coefficient (Wildman–Crippen LogP) is 4.00. The van der Waals surface area contributed by atoms with Gasteiger partial charge in [-0.3, -0.25) is 9.00 Å². The Morgan fingerprint density at radius 3 is 2.38 bits per heavy atom. The minimum atomic E-state index is -1.15. The van der Waals surface area contributed by atoms with E-state index in [4.69, 9.17) is 0 Å². The molecule has 2 nitrogen and oxygen atoms in total. The number of Topliss-reactive ketones (excluding diaryl/α,β-unsaturated/α-hetero) is 1. The Hall–Kier alpha value is 0.480. The third-order valence-electron chi connectivity index (χ3n) is 1.90. The Morgan fingerprint density at radius 2 is 2.00 bits per heavy atom. The van der Waals surface area contributed by atoms with Crippen molar-refractivity contribution < 1.29 is 9.00 Å². The van der Waals surface area contributed by atoms with Gasteiger partial charge < -0.3 is 0 Å². The van der Waals surface area contributed by atoms with Crippen LogP contribution in [0.5, 0.6) is 0 Å². The summed E-state index contributed by atoms with van der Waals surface area (Å²) in [5.74, 6) is -0.00673. The number of ketones is 1. The number of carbonyl (C=O) groups is 1. The maximum Gasteiger partial charge on any atom is 0.177 e. The minimum absolute atomic E-state index is 0.0747. The smallest absolute Gasteiger partial charge is 0.177 e. The van der Waals surface area contributed by atoms with Gasteiger partial charge in [0.25, 0.3) is 0 Å². The lowest BCUT2D eigenvalue weighted by molar-refractivity contribution is 0.102. The van der Waals surface area contributed by atoms with E-state index < -0.39 is 10.8 Å². The molecule has 0 aromatic carbocycles. The maximum atomic E-state index is 11.9. The third-order valence-corrected chi connectivity index (χ3v) is 6.13. The summed E-state index contributed by atoms with van der Waals surface area (Å²) in [6.07, 6.45) is 0. The molecule has 0 aliphatic carbocycles. The average molecular weight is 388 g/mol. The van der Waals surface area contributed by atoms with Gasteiger partial charge in [-0.05, 0) is 58.7 Å². The summed E-state index contributed by atoms with van der Waals surface area (Å²) < 4.78 is 13.2. The highest BCUT2D eigenvalue weighted by molar-refractivity contribution is 9.12. The molecule has 1 unspecified atom stereocenters. The van der Waals surface area contributed by atoms with E-state index in [-0.39, 0.29) is 16.3 Å². The molecule has 0 aliphatic heterocycles. The van der Waals surface area contributed by atoms with Gasteiger partial charge in [-0.25, -0.2) is 0 Å². The van der Waals surface area contributed by atoms with Crippen LogP contribution in [0.2, 0.25) is 0 Å². The molecule has 1 heterocycles. The van der Waals surface area contributed by atoms with Crippen molar-refractivity contribution in [3.63, 3.8) is 0 Å². The highest BCUT2D eigenvalue weighted by Crippen LogP contribution is 2.32. The van der Waals surface area contributed by atoms with Gasteiger partial charge in [0.05, 0.1) is 13.3 Å². The molecule has 1 aromatic heterocycles. The maximum absolute atomic E-state index is 11.9. The molecule has 0 spiro atoms. The molecule has 1 aromatic rings. The summed E-state index contributed by atoms with van der Waals surface area (Å²) in [5.41, 5.74) is 0.606. The summed E-state index contributed by atoms with van der Waals surface area (Å²) in [5, 5.41) is 0. The molecule has 16 heavy (non-hydrogen) atoms. The van der Waals surface area contributed by atoms with Crippen molar-refractivity contribution in [3.05, 3.63) is 19.2 Å². The Kier molecular flexibility index (Phi) is 4.92. The van der Waals surface area contributed by atoms with Gasteiger partial charge in [-0.15, -0.1) is 11.3 Å². The van der Waals surface area contributed by atoms with Gasteiger partial charge in [-0.2, -0.15) is 0 Å². The average Bonchev–Trinajstić information content (AvgIpc) is 2.43. The second kappa shape index (κ2) is 5.42. The van der Waals surface area contributed by atoms with E-state index in [9.17, 15) is 9.00 Å². The van der Waals surface area contributed by atoms with Crippen molar-refractivity contribution in [2.75, 3.05) is 5.75 Å². The van der Waals surface area contributed by atoms with Crippen molar-refractivity contribution in [1.29, 1.82) is 0 Å². The highest BCUT2D eigenvalue weighted by Gasteiger charge is 2.24. The van der Waals surface area contributed by atoms with Crippen LogP contribution >= 0.6 is 43.2 Å². The first-order chi connectivity index (χ1) is 7.21. The number of hydrogen-bond donors (Lipinski definition) is 0. The standard InChI is InChI=1S/C10H12Br2O2S2/c1-10(2,3)16(14)5-7(13)6-4-8(11)15-9(6)12/h4H,5H2,1-3H3.